The number of aliphatic imine (C=N–C) groups is 1. The van der Waals surface area contributed by atoms with Crippen molar-refractivity contribution in [3.05, 3.63) is 47.4 Å². The van der Waals surface area contributed by atoms with Crippen LogP contribution in [0.1, 0.15) is 65.9 Å². The van der Waals surface area contributed by atoms with Crippen molar-refractivity contribution >= 4 is 17.5 Å². The number of likely N-dealkylation sites (tertiary alicyclic amines) is 1. The summed E-state index contributed by atoms with van der Waals surface area (Å²) in [6, 6.07) is 8.94. The number of nitrogens with one attached hydrogen (secondary N) is 1. The van der Waals surface area contributed by atoms with Gasteiger partial charge in [0.1, 0.15) is 10.6 Å². The third-order valence-corrected chi connectivity index (χ3v) is 11.2. The van der Waals surface area contributed by atoms with Crippen molar-refractivity contribution in [2.45, 2.75) is 95.3 Å². The van der Waals surface area contributed by atoms with E-state index in [1.807, 2.05) is 18.7 Å². The van der Waals surface area contributed by atoms with Crippen LogP contribution in [0.4, 0.5) is 0 Å². The molecule has 8 atom stereocenters. The Kier molecular flexibility index (Phi) is 8.51. The molecule has 3 saturated heterocycles. The molecular formula is C30H46N5O2S+. The van der Waals surface area contributed by atoms with Crippen molar-refractivity contribution in [3.63, 3.8) is 0 Å². The maximum Gasteiger partial charge on any atom is 0.289 e. The molecule has 0 bridgehead atoms. The molecule has 0 spiro atoms. The van der Waals surface area contributed by atoms with Gasteiger partial charge in [-0.3, -0.25) is 9.89 Å². The van der Waals surface area contributed by atoms with E-state index in [2.05, 4.69) is 79.8 Å². The van der Waals surface area contributed by atoms with Crippen LogP contribution in [0.3, 0.4) is 0 Å². The Morgan fingerprint density at radius 3 is 2.68 bits per heavy atom. The largest absolute Gasteiger partial charge is 0.493 e. The first-order chi connectivity index (χ1) is 18.3. The number of benzene rings is 1. The third kappa shape index (κ3) is 5.16. The number of rotatable bonds is 8. The number of nitrogens with zero attached hydrogens (tertiary/aromatic N) is 4. The van der Waals surface area contributed by atoms with E-state index in [1.165, 1.54) is 12.8 Å². The SMILES string of the molecule is C=CC(CC)N1CCC(CCOc2ccccc2C2=N[C@@H](C)C3N[N+](=O)C(C)N3C3SC(C)C(C)C23)CC1. The Morgan fingerprint density at radius 1 is 1.24 bits per heavy atom. The van der Waals surface area contributed by atoms with Crippen LogP contribution >= 0.6 is 11.8 Å². The minimum absolute atomic E-state index is 0.0409. The lowest BCUT2D eigenvalue weighted by Crippen LogP contribution is -2.49. The summed E-state index contributed by atoms with van der Waals surface area (Å²) in [4.78, 5) is 23.8. The fourth-order valence-electron chi connectivity index (χ4n) is 6.92. The molecule has 0 aliphatic carbocycles. The highest BCUT2D eigenvalue weighted by atomic mass is 32.2. The Bertz CT molecular complexity index is 1040. The second-order valence-corrected chi connectivity index (χ2v) is 13.2. The summed E-state index contributed by atoms with van der Waals surface area (Å²) in [6.45, 7) is 18.1. The van der Waals surface area contributed by atoms with Gasteiger partial charge in [0.25, 0.3) is 6.17 Å². The predicted molar refractivity (Wildman–Crippen MR) is 156 cm³/mol. The van der Waals surface area contributed by atoms with E-state index in [-0.39, 0.29) is 29.7 Å². The van der Waals surface area contributed by atoms with Crippen LogP contribution in [0.2, 0.25) is 0 Å². The standard InChI is InChI=1S/C30H46N5O2S/c1-7-24(8-2)33-16-13-23(14-17-33)15-18-37-26-12-10-9-11-25(26)28-27-19(3)21(5)38-30(27)34-22(6)35(36)32-29(34)20(4)31-28/h7,9-12,19-24,27,29-30H,1,8,13-18H2,2-6H3,(H,32,36)/q+1/t19?,20-,21?,22?,24?,27?,29?,30?/m0/s1. The molecule has 5 rings (SSSR count). The predicted octanol–water partition coefficient (Wildman–Crippen LogP) is 5.31. The highest BCUT2D eigenvalue weighted by Gasteiger charge is 2.58. The Morgan fingerprint density at radius 2 is 1.97 bits per heavy atom. The maximum atomic E-state index is 12.6. The zero-order valence-corrected chi connectivity index (χ0v) is 24.6. The van der Waals surface area contributed by atoms with Crippen LogP contribution in [-0.2, 0) is 0 Å². The number of piperidine rings is 1. The van der Waals surface area contributed by atoms with Crippen molar-refractivity contribution in [1.82, 2.24) is 15.2 Å². The van der Waals surface area contributed by atoms with E-state index < -0.39 is 0 Å². The van der Waals surface area contributed by atoms with Gasteiger partial charge in [-0.2, -0.15) is 4.90 Å². The van der Waals surface area contributed by atoms with Crippen molar-refractivity contribution < 1.29 is 9.61 Å². The minimum Gasteiger partial charge on any atom is -0.493 e. The molecule has 4 heterocycles. The van der Waals surface area contributed by atoms with Gasteiger partial charge >= 0.3 is 0 Å². The monoisotopic (exact) mass is 540 g/mol. The van der Waals surface area contributed by atoms with Gasteiger partial charge in [0.15, 0.2) is 6.17 Å². The molecule has 1 aromatic carbocycles. The van der Waals surface area contributed by atoms with E-state index in [9.17, 15) is 4.91 Å². The lowest BCUT2D eigenvalue weighted by atomic mass is 9.84. The lowest BCUT2D eigenvalue weighted by molar-refractivity contribution is -0.626. The topological polar surface area (TPSA) is 60.2 Å². The lowest BCUT2D eigenvalue weighted by Gasteiger charge is -2.36. The first-order valence-electron chi connectivity index (χ1n) is 14.7. The second-order valence-electron chi connectivity index (χ2n) is 11.7. The molecule has 38 heavy (non-hydrogen) atoms. The van der Waals surface area contributed by atoms with Gasteiger partial charge in [0.05, 0.1) is 28.6 Å². The molecule has 3 fully saturated rings. The van der Waals surface area contributed by atoms with E-state index in [0.717, 1.165) is 54.4 Å². The molecule has 0 radical (unpaired) electrons. The molecule has 8 heteroatoms. The second kappa shape index (κ2) is 11.7. The smallest absolute Gasteiger partial charge is 0.289 e. The van der Waals surface area contributed by atoms with Crippen LogP contribution in [0.25, 0.3) is 0 Å². The molecule has 0 aromatic heterocycles. The van der Waals surface area contributed by atoms with E-state index in [0.29, 0.717) is 23.1 Å². The first kappa shape index (κ1) is 27.7. The number of hydrogen-bond acceptors (Lipinski definition) is 6. The number of ether oxygens (including phenoxy) is 1. The van der Waals surface area contributed by atoms with Crippen LogP contribution in [0.5, 0.6) is 5.75 Å². The quantitative estimate of drug-likeness (QED) is 0.356. The molecule has 0 amide bonds. The van der Waals surface area contributed by atoms with Gasteiger partial charge < -0.3 is 4.74 Å². The molecule has 1 aromatic rings. The van der Waals surface area contributed by atoms with Gasteiger partial charge in [-0.25, -0.2) is 0 Å². The maximum absolute atomic E-state index is 12.6. The fourth-order valence-corrected chi connectivity index (χ4v) is 8.77. The van der Waals surface area contributed by atoms with Crippen LogP contribution in [0, 0.1) is 22.7 Å². The Hall–Kier alpha value is -1.90. The molecule has 4 aliphatic heterocycles. The number of nitroso groups, excluding NO2 is 1. The number of hydrogen-bond donors (Lipinski definition) is 1. The molecular weight excluding hydrogens is 494 g/mol. The zero-order chi connectivity index (χ0) is 27.0. The number of para-hydroxylation sites is 1. The van der Waals surface area contributed by atoms with E-state index >= 15 is 0 Å². The van der Waals surface area contributed by atoms with Crippen molar-refractivity contribution in [2.24, 2.45) is 22.7 Å². The molecule has 7 unspecified atom stereocenters. The molecule has 208 valence electrons. The highest BCUT2D eigenvalue weighted by Crippen LogP contribution is 2.50. The summed E-state index contributed by atoms with van der Waals surface area (Å²) >= 11 is 1.99. The summed E-state index contributed by atoms with van der Waals surface area (Å²) in [5.41, 5.74) is 5.42. The third-order valence-electron chi connectivity index (χ3n) is 9.48. The van der Waals surface area contributed by atoms with Crippen molar-refractivity contribution in [2.75, 3.05) is 19.7 Å². The summed E-state index contributed by atoms with van der Waals surface area (Å²) < 4.78 is 6.52. The average molecular weight is 541 g/mol. The first-order valence-corrected chi connectivity index (χ1v) is 15.6. The van der Waals surface area contributed by atoms with E-state index in [4.69, 9.17) is 9.73 Å². The van der Waals surface area contributed by atoms with Gasteiger partial charge in [-0.05, 0) is 69.7 Å². The Balaban J connectivity index is 1.32. The molecule has 4 aliphatic rings. The molecule has 1 N–H and O–H groups in total. The fraction of sp³-hybridized carbons (Fsp3) is 0.700. The summed E-state index contributed by atoms with van der Waals surface area (Å²) in [5, 5.41) is 0.695. The zero-order valence-electron chi connectivity index (χ0n) is 23.8. The molecule has 7 nitrogen and oxygen atoms in total. The van der Waals surface area contributed by atoms with Gasteiger partial charge in [-0.15, -0.1) is 23.8 Å². The number of fused-ring (bicyclic) bond motifs is 3. The highest BCUT2D eigenvalue weighted by molar-refractivity contribution is 8.00. The number of thioether (sulfide) groups is 1. The van der Waals surface area contributed by atoms with Crippen LogP contribution < -0.4 is 10.2 Å². The summed E-state index contributed by atoms with van der Waals surface area (Å²) in [5.74, 6) is 2.34. The van der Waals surface area contributed by atoms with Crippen molar-refractivity contribution in [1.29, 1.82) is 0 Å². The minimum atomic E-state index is -0.216. The van der Waals surface area contributed by atoms with Gasteiger partial charge in [-0.1, -0.05) is 39.0 Å². The van der Waals surface area contributed by atoms with Crippen LogP contribution in [0.15, 0.2) is 41.9 Å². The molecule has 0 saturated carbocycles. The summed E-state index contributed by atoms with van der Waals surface area (Å²) in [6.07, 6.45) is 6.48. The van der Waals surface area contributed by atoms with E-state index in [1.54, 1.807) is 0 Å². The average Bonchev–Trinajstić information content (AvgIpc) is 3.34. The van der Waals surface area contributed by atoms with Crippen molar-refractivity contribution in [3.8, 4) is 5.75 Å². The normalized spacial score (nSPS) is 35.1. The summed E-state index contributed by atoms with van der Waals surface area (Å²) in [7, 11) is 0. The van der Waals surface area contributed by atoms with Crippen LogP contribution in [-0.4, -0.2) is 75.1 Å². The Labute approximate surface area is 233 Å². The van der Waals surface area contributed by atoms with Gasteiger partial charge in [0.2, 0.25) is 0 Å². The van der Waals surface area contributed by atoms with Gasteiger partial charge in [0, 0.05) is 29.7 Å². The number of hydrazine groups is 1.